The summed E-state index contributed by atoms with van der Waals surface area (Å²) in [6.07, 6.45) is 3.71. The molecular formula is C21H19ClN2O3. The van der Waals surface area contributed by atoms with Crippen molar-refractivity contribution in [2.75, 3.05) is 12.4 Å². The Bertz CT molecular complexity index is 899. The molecule has 0 saturated carbocycles. The third kappa shape index (κ3) is 5.46. The SMILES string of the molecule is COc1ccc(NC(=O)Cc2ccc(Cl)cc2)cc1OCc1cccnc1. The van der Waals surface area contributed by atoms with Crippen molar-refractivity contribution in [3.8, 4) is 11.5 Å². The summed E-state index contributed by atoms with van der Waals surface area (Å²) in [6, 6.07) is 16.3. The van der Waals surface area contributed by atoms with Crippen LogP contribution in [0.15, 0.2) is 67.0 Å². The Labute approximate surface area is 162 Å². The van der Waals surface area contributed by atoms with Gasteiger partial charge in [-0.05, 0) is 35.9 Å². The average Bonchev–Trinajstić information content (AvgIpc) is 2.69. The number of pyridine rings is 1. The van der Waals surface area contributed by atoms with Gasteiger partial charge in [0.1, 0.15) is 6.61 Å². The molecule has 3 rings (SSSR count). The molecule has 1 amide bonds. The first kappa shape index (κ1) is 18.7. The van der Waals surface area contributed by atoms with Crippen LogP contribution in [0.3, 0.4) is 0 Å². The minimum absolute atomic E-state index is 0.124. The number of hydrogen-bond acceptors (Lipinski definition) is 4. The molecule has 5 nitrogen and oxygen atoms in total. The van der Waals surface area contributed by atoms with Gasteiger partial charge in [0.15, 0.2) is 11.5 Å². The van der Waals surface area contributed by atoms with E-state index in [4.69, 9.17) is 21.1 Å². The molecule has 3 aromatic rings. The monoisotopic (exact) mass is 382 g/mol. The zero-order chi connectivity index (χ0) is 19.1. The van der Waals surface area contributed by atoms with E-state index >= 15 is 0 Å². The van der Waals surface area contributed by atoms with Gasteiger partial charge in [-0.25, -0.2) is 0 Å². The van der Waals surface area contributed by atoms with Crippen LogP contribution in [0.2, 0.25) is 5.02 Å². The maximum absolute atomic E-state index is 12.3. The van der Waals surface area contributed by atoms with E-state index in [0.717, 1.165) is 11.1 Å². The predicted molar refractivity (Wildman–Crippen MR) is 105 cm³/mol. The lowest BCUT2D eigenvalue weighted by molar-refractivity contribution is -0.115. The number of nitrogens with one attached hydrogen (secondary N) is 1. The summed E-state index contributed by atoms with van der Waals surface area (Å²) < 4.78 is 11.2. The quantitative estimate of drug-likeness (QED) is 0.653. The van der Waals surface area contributed by atoms with Gasteiger partial charge in [0.25, 0.3) is 0 Å². The molecule has 6 heteroatoms. The van der Waals surface area contributed by atoms with Gasteiger partial charge in [-0.3, -0.25) is 9.78 Å². The van der Waals surface area contributed by atoms with Crippen LogP contribution in [-0.4, -0.2) is 18.0 Å². The number of carbonyl (C=O) groups excluding carboxylic acids is 1. The van der Waals surface area contributed by atoms with Crippen molar-refractivity contribution >= 4 is 23.2 Å². The van der Waals surface area contributed by atoms with Crippen LogP contribution in [-0.2, 0) is 17.8 Å². The topological polar surface area (TPSA) is 60.5 Å². The Kier molecular flexibility index (Phi) is 6.28. The van der Waals surface area contributed by atoms with E-state index in [1.807, 2.05) is 24.3 Å². The summed E-state index contributed by atoms with van der Waals surface area (Å²) in [5.41, 5.74) is 2.46. The Morgan fingerprint density at radius 1 is 1.07 bits per heavy atom. The second-order valence-electron chi connectivity index (χ2n) is 5.87. The molecule has 138 valence electrons. The summed E-state index contributed by atoms with van der Waals surface area (Å²) in [5.74, 6) is 1.01. The fourth-order valence-electron chi connectivity index (χ4n) is 2.50. The molecule has 0 aliphatic carbocycles. The van der Waals surface area contributed by atoms with E-state index in [0.29, 0.717) is 28.8 Å². The van der Waals surface area contributed by atoms with Crippen LogP contribution in [0.1, 0.15) is 11.1 Å². The highest BCUT2D eigenvalue weighted by Gasteiger charge is 2.09. The second kappa shape index (κ2) is 9.05. The lowest BCUT2D eigenvalue weighted by Gasteiger charge is -2.13. The van der Waals surface area contributed by atoms with Crippen molar-refractivity contribution in [2.24, 2.45) is 0 Å². The van der Waals surface area contributed by atoms with Crippen LogP contribution in [0.4, 0.5) is 5.69 Å². The fraction of sp³-hybridized carbons (Fsp3) is 0.143. The number of hydrogen-bond donors (Lipinski definition) is 1. The van der Waals surface area contributed by atoms with E-state index in [2.05, 4.69) is 10.3 Å². The van der Waals surface area contributed by atoms with Crippen molar-refractivity contribution in [3.05, 3.63) is 83.1 Å². The number of methoxy groups -OCH3 is 1. The van der Waals surface area contributed by atoms with Gasteiger partial charge < -0.3 is 14.8 Å². The first-order chi connectivity index (χ1) is 13.1. The van der Waals surface area contributed by atoms with Crippen molar-refractivity contribution in [1.29, 1.82) is 0 Å². The third-order valence-corrected chi connectivity index (χ3v) is 4.09. The first-order valence-electron chi connectivity index (χ1n) is 8.38. The summed E-state index contributed by atoms with van der Waals surface area (Å²) in [5, 5.41) is 3.52. The molecule has 0 unspecified atom stereocenters. The summed E-state index contributed by atoms with van der Waals surface area (Å²) in [4.78, 5) is 16.4. The summed E-state index contributed by atoms with van der Waals surface area (Å²) in [6.45, 7) is 0.354. The van der Waals surface area contributed by atoms with Gasteiger partial charge in [-0.1, -0.05) is 29.8 Å². The maximum atomic E-state index is 12.3. The van der Waals surface area contributed by atoms with E-state index in [1.54, 1.807) is 49.8 Å². The zero-order valence-electron chi connectivity index (χ0n) is 14.8. The lowest BCUT2D eigenvalue weighted by Crippen LogP contribution is -2.14. The fourth-order valence-corrected chi connectivity index (χ4v) is 2.63. The lowest BCUT2D eigenvalue weighted by atomic mass is 10.1. The van der Waals surface area contributed by atoms with Crippen LogP contribution in [0.25, 0.3) is 0 Å². The van der Waals surface area contributed by atoms with Crippen LogP contribution in [0.5, 0.6) is 11.5 Å². The van der Waals surface area contributed by atoms with Gasteiger partial charge in [-0.2, -0.15) is 0 Å². The molecule has 0 spiro atoms. The van der Waals surface area contributed by atoms with Gasteiger partial charge in [0, 0.05) is 34.7 Å². The Morgan fingerprint density at radius 3 is 2.59 bits per heavy atom. The maximum Gasteiger partial charge on any atom is 0.228 e. The summed E-state index contributed by atoms with van der Waals surface area (Å²) in [7, 11) is 1.57. The van der Waals surface area contributed by atoms with Gasteiger partial charge in [0.2, 0.25) is 5.91 Å². The minimum atomic E-state index is -0.124. The van der Waals surface area contributed by atoms with E-state index in [1.165, 1.54) is 0 Å². The van der Waals surface area contributed by atoms with Crippen molar-refractivity contribution in [2.45, 2.75) is 13.0 Å². The number of aromatic nitrogens is 1. The predicted octanol–water partition coefficient (Wildman–Crippen LogP) is 4.50. The highest BCUT2D eigenvalue weighted by Crippen LogP contribution is 2.31. The molecule has 0 atom stereocenters. The molecule has 0 aliphatic heterocycles. The normalized spacial score (nSPS) is 10.3. The molecule has 1 heterocycles. The van der Waals surface area contributed by atoms with Crippen LogP contribution < -0.4 is 14.8 Å². The molecule has 2 aromatic carbocycles. The van der Waals surface area contributed by atoms with Crippen LogP contribution in [0, 0.1) is 0 Å². The number of amides is 1. The molecule has 0 saturated heterocycles. The number of ether oxygens (including phenoxy) is 2. The Balaban J connectivity index is 1.66. The van der Waals surface area contributed by atoms with Gasteiger partial charge in [0.05, 0.1) is 13.5 Å². The smallest absolute Gasteiger partial charge is 0.228 e. The molecular weight excluding hydrogens is 364 g/mol. The van der Waals surface area contributed by atoms with E-state index < -0.39 is 0 Å². The minimum Gasteiger partial charge on any atom is -0.493 e. The second-order valence-corrected chi connectivity index (χ2v) is 6.30. The molecule has 0 radical (unpaired) electrons. The molecule has 1 aromatic heterocycles. The molecule has 1 N–H and O–H groups in total. The van der Waals surface area contributed by atoms with Crippen LogP contribution >= 0.6 is 11.6 Å². The first-order valence-corrected chi connectivity index (χ1v) is 8.76. The number of halogens is 1. The number of nitrogens with zero attached hydrogens (tertiary/aromatic N) is 1. The highest BCUT2D eigenvalue weighted by atomic mass is 35.5. The largest absolute Gasteiger partial charge is 0.493 e. The molecule has 27 heavy (non-hydrogen) atoms. The van der Waals surface area contributed by atoms with E-state index in [-0.39, 0.29) is 12.3 Å². The highest BCUT2D eigenvalue weighted by molar-refractivity contribution is 6.30. The third-order valence-electron chi connectivity index (χ3n) is 3.84. The number of benzene rings is 2. The molecule has 0 aliphatic rings. The van der Waals surface area contributed by atoms with Crippen molar-refractivity contribution in [1.82, 2.24) is 4.98 Å². The zero-order valence-corrected chi connectivity index (χ0v) is 15.6. The van der Waals surface area contributed by atoms with Crippen molar-refractivity contribution < 1.29 is 14.3 Å². The number of anilines is 1. The standard InChI is InChI=1S/C21H19ClN2O3/c1-26-19-9-8-18(12-20(19)27-14-16-3-2-10-23-13-16)24-21(25)11-15-4-6-17(22)7-5-15/h2-10,12-13H,11,14H2,1H3,(H,24,25). The molecule has 0 fully saturated rings. The summed E-state index contributed by atoms with van der Waals surface area (Å²) >= 11 is 5.87. The Hall–Kier alpha value is -3.05. The Morgan fingerprint density at radius 2 is 1.89 bits per heavy atom. The average molecular weight is 383 g/mol. The number of rotatable bonds is 7. The van der Waals surface area contributed by atoms with Gasteiger partial charge in [-0.15, -0.1) is 0 Å². The van der Waals surface area contributed by atoms with Crippen molar-refractivity contribution in [3.63, 3.8) is 0 Å². The number of carbonyl (C=O) groups is 1. The molecule has 0 bridgehead atoms. The van der Waals surface area contributed by atoms with E-state index in [9.17, 15) is 4.79 Å². The van der Waals surface area contributed by atoms with Gasteiger partial charge >= 0.3 is 0 Å².